The van der Waals surface area contributed by atoms with E-state index in [2.05, 4.69) is 34.5 Å². The van der Waals surface area contributed by atoms with Crippen LogP contribution in [0.1, 0.15) is 49.3 Å². The van der Waals surface area contributed by atoms with Gasteiger partial charge >= 0.3 is 0 Å². The van der Waals surface area contributed by atoms with Crippen molar-refractivity contribution in [3.05, 3.63) is 35.4 Å². The summed E-state index contributed by atoms with van der Waals surface area (Å²) < 4.78 is 5.93. The SMILES string of the molecule is c1ccc2c(c1)COCC2N1CCNCC12CCCCC2. The summed E-state index contributed by atoms with van der Waals surface area (Å²) in [5.74, 6) is 0. The number of rotatable bonds is 1. The lowest BCUT2D eigenvalue weighted by Gasteiger charge is -2.53. The zero-order valence-electron chi connectivity index (χ0n) is 12.8. The molecule has 114 valence electrons. The predicted octanol–water partition coefficient (Wildman–Crippen LogP) is 2.87. The molecule has 3 nitrogen and oxygen atoms in total. The smallest absolute Gasteiger partial charge is 0.0721 e. The first-order valence-corrected chi connectivity index (χ1v) is 8.52. The largest absolute Gasteiger partial charge is 0.375 e. The van der Waals surface area contributed by atoms with Crippen LogP contribution in [0, 0.1) is 0 Å². The Morgan fingerprint density at radius 2 is 2.00 bits per heavy atom. The quantitative estimate of drug-likeness (QED) is 0.859. The molecule has 1 spiro atoms. The van der Waals surface area contributed by atoms with Gasteiger partial charge in [-0.25, -0.2) is 0 Å². The molecule has 4 rings (SSSR count). The molecule has 1 N–H and O–H groups in total. The van der Waals surface area contributed by atoms with E-state index < -0.39 is 0 Å². The number of ether oxygens (including phenoxy) is 1. The van der Waals surface area contributed by atoms with Crippen LogP contribution >= 0.6 is 0 Å². The van der Waals surface area contributed by atoms with Crippen molar-refractivity contribution in [3.8, 4) is 0 Å². The van der Waals surface area contributed by atoms with Crippen LogP contribution in [0.2, 0.25) is 0 Å². The van der Waals surface area contributed by atoms with Gasteiger partial charge in [0.15, 0.2) is 0 Å². The topological polar surface area (TPSA) is 24.5 Å². The lowest BCUT2D eigenvalue weighted by atomic mass is 9.77. The first-order valence-electron chi connectivity index (χ1n) is 8.52. The molecular weight excluding hydrogens is 260 g/mol. The van der Waals surface area contributed by atoms with E-state index >= 15 is 0 Å². The Bertz CT molecular complexity index is 487. The molecule has 2 heterocycles. The molecule has 3 heteroatoms. The second kappa shape index (κ2) is 5.71. The molecule has 1 saturated carbocycles. The maximum atomic E-state index is 5.93. The van der Waals surface area contributed by atoms with Crippen LogP contribution in [-0.2, 0) is 11.3 Å². The summed E-state index contributed by atoms with van der Waals surface area (Å²) in [4.78, 5) is 2.79. The first kappa shape index (κ1) is 13.7. The first-order chi connectivity index (χ1) is 10.4. The molecule has 1 atom stereocenters. The van der Waals surface area contributed by atoms with Crippen LogP contribution in [0.4, 0.5) is 0 Å². The molecule has 1 aromatic rings. The minimum Gasteiger partial charge on any atom is -0.375 e. The molecule has 1 aromatic carbocycles. The summed E-state index contributed by atoms with van der Waals surface area (Å²) in [5.41, 5.74) is 3.27. The lowest BCUT2D eigenvalue weighted by Crippen LogP contribution is -2.63. The molecule has 1 unspecified atom stereocenters. The fraction of sp³-hybridized carbons (Fsp3) is 0.667. The molecule has 1 saturated heterocycles. The average molecular weight is 286 g/mol. The van der Waals surface area contributed by atoms with Crippen LogP contribution in [0.5, 0.6) is 0 Å². The standard InChI is InChI=1S/C18H26N2O/c1-4-8-18(9-5-1)14-19-10-11-20(18)17-13-21-12-15-6-2-3-7-16(15)17/h2-3,6-7,17,19H,1,4-5,8-14H2. The third-order valence-corrected chi connectivity index (χ3v) is 5.70. The highest BCUT2D eigenvalue weighted by atomic mass is 16.5. The molecule has 2 aliphatic heterocycles. The third-order valence-electron chi connectivity index (χ3n) is 5.70. The van der Waals surface area contributed by atoms with Gasteiger partial charge in [0.1, 0.15) is 0 Å². The summed E-state index contributed by atoms with van der Waals surface area (Å²) in [5, 5.41) is 3.66. The van der Waals surface area contributed by atoms with Crippen molar-refractivity contribution in [1.29, 1.82) is 0 Å². The monoisotopic (exact) mass is 286 g/mol. The summed E-state index contributed by atoms with van der Waals surface area (Å²) in [6, 6.07) is 9.33. The molecule has 1 aliphatic carbocycles. The fourth-order valence-electron chi connectivity index (χ4n) is 4.64. The zero-order chi connectivity index (χ0) is 14.1. The number of benzene rings is 1. The summed E-state index contributed by atoms with van der Waals surface area (Å²) in [6.45, 7) is 5.07. The van der Waals surface area contributed by atoms with Gasteiger partial charge in [0.05, 0.1) is 19.3 Å². The number of piperazine rings is 1. The van der Waals surface area contributed by atoms with Crippen LogP contribution in [-0.4, -0.2) is 36.7 Å². The normalized spacial score (nSPS) is 29.2. The molecule has 0 amide bonds. The Morgan fingerprint density at radius 1 is 1.14 bits per heavy atom. The van der Waals surface area contributed by atoms with Gasteiger partial charge in [0.2, 0.25) is 0 Å². The number of nitrogens with one attached hydrogen (secondary N) is 1. The van der Waals surface area contributed by atoms with E-state index in [9.17, 15) is 0 Å². The van der Waals surface area contributed by atoms with Crippen molar-refractivity contribution in [2.45, 2.75) is 50.3 Å². The van der Waals surface area contributed by atoms with Gasteiger partial charge in [0.25, 0.3) is 0 Å². The second-order valence-electron chi connectivity index (χ2n) is 6.88. The molecule has 0 radical (unpaired) electrons. The van der Waals surface area contributed by atoms with Gasteiger partial charge in [0, 0.05) is 25.2 Å². The number of fused-ring (bicyclic) bond motifs is 1. The van der Waals surface area contributed by atoms with Crippen molar-refractivity contribution < 1.29 is 4.74 Å². The number of hydrogen-bond acceptors (Lipinski definition) is 3. The van der Waals surface area contributed by atoms with Crippen LogP contribution in [0.15, 0.2) is 24.3 Å². The Morgan fingerprint density at radius 3 is 2.90 bits per heavy atom. The van der Waals surface area contributed by atoms with Crippen molar-refractivity contribution in [2.75, 3.05) is 26.2 Å². The van der Waals surface area contributed by atoms with E-state index in [-0.39, 0.29) is 0 Å². The van der Waals surface area contributed by atoms with Gasteiger partial charge in [-0.3, -0.25) is 4.90 Å². The van der Waals surface area contributed by atoms with E-state index in [4.69, 9.17) is 4.74 Å². The van der Waals surface area contributed by atoms with Crippen LogP contribution < -0.4 is 5.32 Å². The highest BCUT2D eigenvalue weighted by Gasteiger charge is 2.44. The van der Waals surface area contributed by atoms with Gasteiger partial charge in [-0.05, 0) is 24.0 Å². The third kappa shape index (κ3) is 2.41. The van der Waals surface area contributed by atoms with Crippen molar-refractivity contribution in [2.24, 2.45) is 0 Å². The van der Waals surface area contributed by atoms with Crippen molar-refractivity contribution >= 4 is 0 Å². The minimum absolute atomic E-state index is 0.370. The van der Waals surface area contributed by atoms with E-state index in [0.717, 1.165) is 32.8 Å². The summed E-state index contributed by atoms with van der Waals surface area (Å²) >= 11 is 0. The van der Waals surface area contributed by atoms with Crippen LogP contribution in [0.3, 0.4) is 0 Å². The Labute approximate surface area is 127 Å². The highest BCUT2D eigenvalue weighted by Crippen LogP contribution is 2.41. The number of nitrogens with zero attached hydrogens (tertiary/aromatic N) is 1. The molecule has 3 aliphatic rings. The van der Waals surface area contributed by atoms with Gasteiger partial charge < -0.3 is 10.1 Å². The Hall–Kier alpha value is -0.900. The van der Waals surface area contributed by atoms with Gasteiger partial charge in [-0.1, -0.05) is 43.5 Å². The summed E-state index contributed by atoms with van der Waals surface area (Å²) in [7, 11) is 0. The fourth-order valence-corrected chi connectivity index (χ4v) is 4.64. The van der Waals surface area contributed by atoms with Crippen molar-refractivity contribution in [3.63, 3.8) is 0 Å². The van der Waals surface area contributed by atoms with E-state index in [1.165, 1.54) is 43.2 Å². The van der Waals surface area contributed by atoms with Gasteiger partial charge in [-0.15, -0.1) is 0 Å². The van der Waals surface area contributed by atoms with E-state index in [0.29, 0.717) is 11.6 Å². The summed E-state index contributed by atoms with van der Waals surface area (Å²) in [6.07, 6.45) is 6.87. The molecule has 0 bridgehead atoms. The maximum absolute atomic E-state index is 5.93. The highest BCUT2D eigenvalue weighted by molar-refractivity contribution is 5.32. The average Bonchev–Trinajstić information content (AvgIpc) is 2.56. The predicted molar refractivity (Wildman–Crippen MR) is 84.2 cm³/mol. The minimum atomic E-state index is 0.370. The van der Waals surface area contributed by atoms with E-state index in [1.54, 1.807) is 0 Å². The molecule has 2 fully saturated rings. The molecular formula is C18H26N2O. The van der Waals surface area contributed by atoms with Gasteiger partial charge in [-0.2, -0.15) is 0 Å². The Balaban J connectivity index is 1.68. The second-order valence-corrected chi connectivity index (χ2v) is 6.88. The van der Waals surface area contributed by atoms with E-state index in [1.807, 2.05) is 0 Å². The molecule has 21 heavy (non-hydrogen) atoms. The van der Waals surface area contributed by atoms with Crippen molar-refractivity contribution in [1.82, 2.24) is 10.2 Å². The Kier molecular flexibility index (Phi) is 3.74. The maximum Gasteiger partial charge on any atom is 0.0721 e. The lowest BCUT2D eigenvalue weighted by molar-refractivity contribution is -0.0518. The zero-order valence-corrected chi connectivity index (χ0v) is 12.8. The van der Waals surface area contributed by atoms with Crippen LogP contribution in [0.25, 0.3) is 0 Å². The molecule has 0 aromatic heterocycles. The number of hydrogen-bond donors (Lipinski definition) is 1.